The fourth-order valence-electron chi connectivity index (χ4n) is 2.17. The van der Waals surface area contributed by atoms with Crippen molar-refractivity contribution in [1.82, 2.24) is 15.0 Å². The summed E-state index contributed by atoms with van der Waals surface area (Å²) < 4.78 is 5.61. The van der Waals surface area contributed by atoms with E-state index in [0.717, 1.165) is 24.2 Å². The first-order chi connectivity index (χ1) is 10.8. The second-order valence-corrected chi connectivity index (χ2v) is 5.30. The van der Waals surface area contributed by atoms with E-state index in [1.807, 2.05) is 24.3 Å². The van der Waals surface area contributed by atoms with Crippen LogP contribution in [0, 0.1) is 0 Å². The molecule has 1 aromatic heterocycles. The Hall–Kier alpha value is -2.01. The van der Waals surface area contributed by atoms with Gasteiger partial charge in [0.25, 0.3) is 0 Å². The molecular formula is C17H23N3O2. The van der Waals surface area contributed by atoms with E-state index in [0.29, 0.717) is 12.4 Å². The average molecular weight is 301 g/mol. The van der Waals surface area contributed by atoms with Crippen molar-refractivity contribution in [3.8, 4) is 17.1 Å². The van der Waals surface area contributed by atoms with Crippen LogP contribution in [-0.4, -0.2) is 32.8 Å². The molecule has 0 saturated heterocycles. The second-order valence-electron chi connectivity index (χ2n) is 5.30. The van der Waals surface area contributed by atoms with Crippen molar-refractivity contribution in [1.29, 1.82) is 0 Å². The minimum absolute atomic E-state index is 0.331. The Bertz CT molecular complexity index is 531. The van der Waals surface area contributed by atoms with Crippen molar-refractivity contribution in [3.63, 3.8) is 0 Å². The summed E-state index contributed by atoms with van der Waals surface area (Å²) in [5, 5.41) is 9.89. The Morgan fingerprint density at radius 3 is 2.45 bits per heavy atom. The van der Waals surface area contributed by atoms with Gasteiger partial charge in [0.2, 0.25) is 0 Å². The smallest absolute Gasteiger partial charge is 0.162 e. The third-order valence-corrected chi connectivity index (χ3v) is 3.44. The number of hydrogen-bond donors (Lipinski definition) is 1. The van der Waals surface area contributed by atoms with Gasteiger partial charge in [0.15, 0.2) is 5.82 Å². The molecule has 0 fully saturated rings. The summed E-state index contributed by atoms with van der Waals surface area (Å²) in [7, 11) is 0. The third-order valence-electron chi connectivity index (χ3n) is 3.44. The molecule has 0 amide bonds. The number of aromatic nitrogens is 3. The van der Waals surface area contributed by atoms with E-state index < -0.39 is 6.10 Å². The molecule has 1 aromatic carbocycles. The summed E-state index contributed by atoms with van der Waals surface area (Å²) in [4.78, 5) is 12.0. The number of ether oxygens (including phenoxy) is 1. The Kier molecular flexibility index (Phi) is 6.77. The Morgan fingerprint density at radius 1 is 1.05 bits per heavy atom. The van der Waals surface area contributed by atoms with Crippen molar-refractivity contribution >= 4 is 0 Å². The first-order valence-electron chi connectivity index (χ1n) is 7.83. The predicted molar refractivity (Wildman–Crippen MR) is 85.5 cm³/mol. The summed E-state index contributed by atoms with van der Waals surface area (Å²) in [6.07, 6.45) is 8.00. The zero-order chi connectivity index (χ0) is 15.6. The highest BCUT2D eigenvalue weighted by atomic mass is 16.5. The van der Waals surface area contributed by atoms with Crippen LogP contribution in [0.3, 0.4) is 0 Å². The van der Waals surface area contributed by atoms with E-state index in [-0.39, 0.29) is 0 Å². The molecule has 0 bridgehead atoms. The molecule has 1 N–H and O–H groups in total. The Balaban J connectivity index is 1.77. The van der Waals surface area contributed by atoms with Gasteiger partial charge in [-0.25, -0.2) is 15.0 Å². The van der Waals surface area contributed by atoms with Crippen LogP contribution in [0.4, 0.5) is 0 Å². The number of rotatable bonds is 9. The molecule has 1 unspecified atom stereocenters. The van der Waals surface area contributed by atoms with E-state index in [1.165, 1.54) is 31.9 Å². The maximum absolute atomic E-state index is 9.89. The molecular weight excluding hydrogens is 278 g/mol. The van der Waals surface area contributed by atoms with Gasteiger partial charge in [-0.3, -0.25) is 0 Å². The van der Waals surface area contributed by atoms with Crippen LogP contribution >= 0.6 is 0 Å². The maximum atomic E-state index is 9.89. The normalized spacial score (nSPS) is 12.1. The second kappa shape index (κ2) is 9.10. The lowest BCUT2D eigenvalue weighted by Crippen LogP contribution is -2.17. The molecule has 0 aliphatic rings. The van der Waals surface area contributed by atoms with Crippen LogP contribution in [0.5, 0.6) is 5.75 Å². The topological polar surface area (TPSA) is 68.1 Å². The highest BCUT2D eigenvalue weighted by molar-refractivity contribution is 5.55. The van der Waals surface area contributed by atoms with Gasteiger partial charge in [-0.05, 0) is 30.7 Å². The van der Waals surface area contributed by atoms with Gasteiger partial charge >= 0.3 is 0 Å². The van der Waals surface area contributed by atoms with Gasteiger partial charge in [-0.1, -0.05) is 32.6 Å². The molecule has 118 valence electrons. The summed E-state index contributed by atoms with van der Waals surface area (Å²) in [5.74, 6) is 1.38. The van der Waals surface area contributed by atoms with E-state index >= 15 is 0 Å². The van der Waals surface area contributed by atoms with E-state index in [4.69, 9.17) is 4.74 Å². The monoisotopic (exact) mass is 301 g/mol. The van der Waals surface area contributed by atoms with Gasteiger partial charge < -0.3 is 9.84 Å². The van der Waals surface area contributed by atoms with Crippen molar-refractivity contribution in [2.75, 3.05) is 6.61 Å². The first-order valence-corrected chi connectivity index (χ1v) is 7.83. The minimum Gasteiger partial charge on any atom is -0.491 e. The van der Waals surface area contributed by atoms with Gasteiger partial charge in [-0.15, -0.1) is 0 Å². The van der Waals surface area contributed by atoms with Gasteiger partial charge in [0.05, 0.1) is 6.10 Å². The van der Waals surface area contributed by atoms with Crippen molar-refractivity contribution < 1.29 is 9.84 Å². The highest BCUT2D eigenvalue weighted by Gasteiger charge is 2.06. The van der Waals surface area contributed by atoms with E-state index in [2.05, 4.69) is 21.9 Å². The van der Waals surface area contributed by atoms with E-state index in [9.17, 15) is 5.11 Å². The van der Waals surface area contributed by atoms with Crippen LogP contribution in [0.2, 0.25) is 0 Å². The minimum atomic E-state index is -0.403. The lowest BCUT2D eigenvalue weighted by atomic mass is 10.1. The third kappa shape index (κ3) is 5.41. The van der Waals surface area contributed by atoms with Gasteiger partial charge in [0.1, 0.15) is 25.0 Å². The SMILES string of the molecule is CCCCCCC(O)COc1ccc(-c2ncncn2)cc1. The Morgan fingerprint density at radius 2 is 1.77 bits per heavy atom. The van der Waals surface area contributed by atoms with Crippen LogP contribution in [-0.2, 0) is 0 Å². The zero-order valence-corrected chi connectivity index (χ0v) is 13.0. The van der Waals surface area contributed by atoms with Crippen LogP contribution in [0.1, 0.15) is 39.0 Å². The van der Waals surface area contributed by atoms with Crippen LogP contribution in [0.25, 0.3) is 11.4 Å². The van der Waals surface area contributed by atoms with Crippen LogP contribution in [0.15, 0.2) is 36.9 Å². The summed E-state index contributed by atoms with van der Waals surface area (Å²) >= 11 is 0. The molecule has 0 spiro atoms. The summed E-state index contributed by atoms with van der Waals surface area (Å²) in [6, 6.07) is 7.53. The molecule has 2 rings (SSSR count). The number of unbranched alkanes of at least 4 members (excludes halogenated alkanes) is 3. The fraction of sp³-hybridized carbons (Fsp3) is 0.471. The molecule has 22 heavy (non-hydrogen) atoms. The molecule has 2 aromatic rings. The molecule has 0 radical (unpaired) electrons. The number of hydrogen-bond acceptors (Lipinski definition) is 5. The lowest BCUT2D eigenvalue weighted by Gasteiger charge is -2.12. The molecule has 5 nitrogen and oxygen atoms in total. The fourth-order valence-corrected chi connectivity index (χ4v) is 2.17. The lowest BCUT2D eigenvalue weighted by molar-refractivity contribution is 0.0975. The van der Waals surface area contributed by atoms with Crippen LogP contribution < -0.4 is 4.74 Å². The number of aliphatic hydroxyl groups excluding tert-OH is 1. The first kappa shape index (κ1) is 16.4. The van der Waals surface area contributed by atoms with E-state index in [1.54, 1.807) is 0 Å². The molecule has 5 heteroatoms. The molecule has 0 aliphatic carbocycles. The number of benzene rings is 1. The molecule has 0 saturated carbocycles. The van der Waals surface area contributed by atoms with Gasteiger partial charge in [0, 0.05) is 5.56 Å². The Labute approximate surface area is 131 Å². The standard InChI is InChI=1S/C17H23N3O2/c1-2-3-4-5-6-15(21)11-22-16-9-7-14(8-10-16)17-19-12-18-13-20-17/h7-10,12-13,15,21H,2-6,11H2,1H3. The zero-order valence-electron chi connectivity index (χ0n) is 13.0. The number of aliphatic hydroxyl groups is 1. The van der Waals surface area contributed by atoms with Crippen molar-refractivity contribution in [2.24, 2.45) is 0 Å². The maximum Gasteiger partial charge on any atom is 0.162 e. The predicted octanol–water partition coefficient (Wildman–Crippen LogP) is 3.25. The average Bonchev–Trinajstić information content (AvgIpc) is 2.58. The quantitative estimate of drug-likeness (QED) is 0.720. The highest BCUT2D eigenvalue weighted by Crippen LogP contribution is 2.19. The van der Waals surface area contributed by atoms with Gasteiger partial charge in [-0.2, -0.15) is 0 Å². The molecule has 1 heterocycles. The number of nitrogens with zero attached hydrogens (tertiary/aromatic N) is 3. The molecule has 1 atom stereocenters. The van der Waals surface area contributed by atoms with Crippen molar-refractivity contribution in [2.45, 2.75) is 45.1 Å². The summed E-state index contributed by atoms with van der Waals surface area (Å²) in [6.45, 7) is 2.51. The largest absolute Gasteiger partial charge is 0.491 e. The van der Waals surface area contributed by atoms with Crippen molar-refractivity contribution in [3.05, 3.63) is 36.9 Å². The summed E-state index contributed by atoms with van der Waals surface area (Å²) in [5.41, 5.74) is 0.912. The molecule has 0 aliphatic heterocycles.